The summed E-state index contributed by atoms with van der Waals surface area (Å²) in [4.78, 5) is 4.50. The normalized spacial score (nSPS) is 20.7. The first-order chi connectivity index (χ1) is 15.4. The number of likely N-dealkylation sites (N-methyl/N-ethyl adjacent to an activating group) is 1. The second-order valence-corrected chi connectivity index (χ2v) is 10.4. The fourth-order valence-corrected chi connectivity index (χ4v) is 5.94. The number of pyridine rings is 1. The highest BCUT2D eigenvalue weighted by Gasteiger charge is 2.41. The molecule has 1 saturated heterocycles. The number of aromatic nitrogens is 2. The molecule has 9 heteroatoms. The maximum atomic E-state index is 13.1. The molecule has 2 atom stereocenters. The minimum Gasteiger partial charge on any atom is -0.374 e. The number of fused-ring (bicyclic) bond motifs is 1. The maximum absolute atomic E-state index is 13.1. The molecule has 0 saturated carbocycles. The molecule has 172 valence electrons. The Kier molecular flexibility index (Phi) is 6.64. The van der Waals surface area contributed by atoms with Gasteiger partial charge in [-0.15, -0.1) is 0 Å². The fraction of sp³-hybridized carbons (Fsp3) is 0.435. The lowest BCUT2D eigenvalue weighted by atomic mass is 9.93. The molecule has 32 heavy (non-hydrogen) atoms. The summed E-state index contributed by atoms with van der Waals surface area (Å²) >= 11 is 0. The van der Waals surface area contributed by atoms with Crippen molar-refractivity contribution in [1.29, 1.82) is 0 Å². The third-order valence-electron chi connectivity index (χ3n) is 6.37. The lowest BCUT2D eigenvalue weighted by Gasteiger charge is -2.28. The summed E-state index contributed by atoms with van der Waals surface area (Å²) in [5.41, 5.74) is 2.30. The largest absolute Gasteiger partial charge is 0.374 e. The molecule has 1 aromatic carbocycles. The number of nitrogens with zero attached hydrogens (tertiary/aromatic N) is 3. The van der Waals surface area contributed by atoms with Gasteiger partial charge < -0.3 is 14.8 Å². The first kappa shape index (κ1) is 22.9. The van der Waals surface area contributed by atoms with Crippen LogP contribution in [0.1, 0.15) is 43.5 Å². The van der Waals surface area contributed by atoms with Crippen molar-refractivity contribution in [3.8, 4) is 0 Å². The van der Waals surface area contributed by atoms with Gasteiger partial charge in [0.2, 0.25) is 10.0 Å². The van der Waals surface area contributed by atoms with Crippen LogP contribution < -0.4 is 10.6 Å². The topological polar surface area (TPSA) is 99.0 Å². The zero-order valence-corrected chi connectivity index (χ0v) is 19.3. The molecule has 3 N–H and O–H groups in total. The molecular formula is C23H31N5O3S. The van der Waals surface area contributed by atoms with Gasteiger partial charge in [-0.25, -0.2) is 13.4 Å². The van der Waals surface area contributed by atoms with Crippen LogP contribution in [0.15, 0.2) is 59.9 Å². The van der Waals surface area contributed by atoms with E-state index in [1.165, 1.54) is 0 Å². The molecule has 4 rings (SSSR count). The Morgan fingerprint density at radius 3 is 2.72 bits per heavy atom. The minimum atomic E-state index is -3.53. The minimum absolute atomic E-state index is 0.137. The van der Waals surface area contributed by atoms with Crippen LogP contribution in [-0.4, -0.2) is 52.9 Å². The number of hydrogen-bond donors (Lipinski definition) is 3. The zero-order valence-electron chi connectivity index (χ0n) is 18.5. The molecule has 8 nitrogen and oxygen atoms in total. The van der Waals surface area contributed by atoms with Crippen LogP contribution in [0.5, 0.6) is 0 Å². The SMILES string of the molecule is CCCC1(NC)CCN(S(=O)(=O)c2ccc(CNC(O)c3ccc4nccn4c3)cc2)C1. The van der Waals surface area contributed by atoms with E-state index in [2.05, 4.69) is 22.5 Å². The number of nitrogens with one attached hydrogen (secondary N) is 2. The van der Waals surface area contributed by atoms with Gasteiger partial charge in [0, 0.05) is 49.3 Å². The quantitative estimate of drug-likeness (QED) is 0.427. The Morgan fingerprint density at radius 1 is 1.22 bits per heavy atom. The Balaban J connectivity index is 1.39. The summed E-state index contributed by atoms with van der Waals surface area (Å²) in [5.74, 6) is 0. The molecule has 2 aromatic heterocycles. The monoisotopic (exact) mass is 457 g/mol. The zero-order chi connectivity index (χ0) is 22.8. The molecular weight excluding hydrogens is 426 g/mol. The molecule has 1 aliphatic heterocycles. The second-order valence-electron chi connectivity index (χ2n) is 8.45. The van der Waals surface area contributed by atoms with Gasteiger partial charge in [-0.2, -0.15) is 4.31 Å². The van der Waals surface area contributed by atoms with Gasteiger partial charge in [0.05, 0.1) is 4.90 Å². The van der Waals surface area contributed by atoms with Crippen molar-refractivity contribution in [2.75, 3.05) is 20.1 Å². The Morgan fingerprint density at radius 2 is 2.00 bits per heavy atom. The summed E-state index contributed by atoms with van der Waals surface area (Å²) in [6, 6.07) is 10.6. The standard InChI is InChI=1S/C23H31N5O3S/c1-3-10-23(24-2)11-13-28(17-23)32(30,31)20-7-4-18(5-8-20)15-26-22(29)19-6-9-21-25-12-14-27(21)16-19/h4-9,12,14,16,22,24,26,29H,3,10-11,13,15,17H2,1-2H3. The van der Waals surface area contributed by atoms with E-state index in [4.69, 9.17) is 0 Å². The van der Waals surface area contributed by atoms with Crippen molar-refractivity contribution in [2.24, 2.45) is 0 Å². The Bertz CT molecular complexity index is 1160. The Labute approximate surface area is 189 Å². The van der Waals surface area contributed by atoms with Gasteiger partial charge in [-0.1, -0.05) is 25.5 Å². The number of sulfonamides is 1. The van der Waals surface area contributed by atoms with E-state index in [1.54, 1.807) is 34.8 Å². The lowest BCUT2D eigenvalue weighted by Crippen LogP contribution is -2.46. The summed E-state index contributed by atoms with van der Waals surface area (Å²) < 4.78 is 29.7. The van der Waals surface area contributed by atoms with Gasteiger partial charge in [0.1, 0.15) is 11.9 Å². The average Bonchev–Trinajstić information content (AvgIpc) is 3.45. The van der Waals surface area contributed by atoms with Crippen molar-refractivity contribution >= 4 is 15.7 Å². The van der Waals surface area contributed by atoms with Crippen LogP contribution in [0.3, 0.4) is 0 Å². The fourth-order valence-electron chi connectivity index (χ4n) is 4.41. The van der Waals surface area contributed by atoms with Gasteiger partial charge >= 0.3 is 0 Å². The first-order valence-corrected chi connectivity index (χ1v) is 12.4. The predicted octanol–water partition coefficient (Wildman–Crippen LogP) is 2.27. The molecule has 0 amide bonds. The van der Waals surface area contributed by atoms with Gasteiger partial charge in [-0.05, 0) is 49.7 Å². The third kappa shape index (κ3) is 4.57. The molecule has 2 unspecified atom stereocenters. The number of hydrogen-bond acceptors (Lipinski definition) is 6. The second kappa shape index (κ2) is 9.29. The van der Waals surface area contributed by atoms with E-state index in [1.807, 2.05) is 36.0 Å². The van der Waals surface area contributed by atoms with Crippen molar-refractivity contribution in [1.82, 2.24) is 24.3 Å². The highest BCUT2D eigenvalue weighted by atomic mass is 32.2. The van der Waals surface area contributed by atoms with Crippen LogP contribution in [0.25, 0.3) is 5.65 Å². The highest BCUT2D eigenvalue weighted by Crippen LogP contribution is 2.30. The highest BCUT2D eigenvalue weighted by molar-refractivity contribution is 7.89. The van der Waals surface area contributed by atoms with Crippen molar-refractivity contribution in [2.45, 2.75) is 49.4 Å². The molecule has 0 radical (unpaired) electrons. The first-order valence-electron chi connectivity index (χ1n) is 11.0. The van der Waals surface area contributed by atoms with Gasteiger partial charge in [0.15, 0.2) is 0 Å². The van der Waals surface area contributed by atoms with Gasteiger partial charge in [-0.3, -0.25) is 5.32 Å². The Hall–Kier alpha value is -2.30. The van der Waals surface area contributed by atoms with Crippen LogP contribution in [-0.2, 0) is 16.6 Å². The van der Waals surface area contributed by atoms with E-state index in [-0.39, 0.29) is 5.54 Å². The van der Waals surface area contributed by atoms with E-state index >= 15 is 0 Å². The number of rotatable bonds is 9. The smallest absolute Gasteiger partial charge is 0.243 e. The third-order valence-corrected chi connectivity index (χ3v) is 8.23. The molecule has 1 aliphatic rings. The van der Waals surface area contributed by atoms with Crippen LogP contribution in [0, 0.1) is 0 Å². The molecule has 0 aliphatic carbocycles. The molecule has 0 bridgehead atoms. The molecule has 1 fully saturated rings. The van der Waals surface area contributed by atoms with Crippen LogP contribution in [0.4, 0.5) is 0 Å². The van der Waals surface area contributed by atoms with E-state index < -0.39 is 16.3 Å². The average molecular weight is 458 g/mol. The van der Waals surface area contributed by atoms with Crippen LogP contribution >= 0.6 is 0 Å². The summed E-state index contributed by atoms with van der Waals surface area (Å²) in [5, 5.41) is 16.9. The van der Waals surface area contributed by atoms with Gasteiger partial charge in [0.25, 0.3) is 0 Å². The van der Waals surface area contributed by atoms with E-state index in [0.29, 0.717) is 24.5 Å². The number of aliphatic hydroxyl groups is 1. The summed E-state index contributed by atoms with van der Waals surface area (Å²) in [6.45, 7) is 3.55. The molecule has 0 spiro atoms. The predicted molar refractivity (Wildman–Crippen MR) is 124 cm³/mol. The van der Waals surface area contributed by atoms with E-state index in [9.17, 15) is 13.5 Å². The summed E-state index contributed by atoms with van der Waals surface area (Å²) in [7, 11) is -1.62. The van der Waals surface area contributed by atoms with Crippen molar-refractivity contribution < 1.29 is 13.5 Å². The number of imidazole rings is 1. The number of benzene rings is 1. The van der Waals surface area contributed by atoms with Crippen molar-refractivity contribution in [3.05, 3.63) is 66.1 Å². The summed E-state index contributed by atoms with van der Waals surface area (Å²) in [6.07, 6.45) is 7.31. The lowest BCUT2D eigenvalue weighted by molar-refractivity contribution is 0.136. The van der Waals surface area contributed by atoms with Crippen LogP contribution in [0.2, 0.25) is 0 Å². The van der Waals surface area contributed by atoms with E-state index in [0.717, 1.165) is 36.0 Å². The number of aliphatic hydroxyl groups excluding tert-OH is 1. The molecule has 3 aromatic rings. The molecule has 3 heterocycles. The maximum Gasteiger partial charge on any atom is 0.243 e. The van der Waals surface area contributed by atoms with Crippen molar-refractivity contribution in [3.63, 3.8) is 0 Å².